The van der Waals surface area contributed by atoms with E-state index in [1.807, 2.05) is 51.1 Å². The van der Waals surface area contributed by atoms with Crippen molar-refractivity contribution in [2.45, 2.75) is 58.9 Å². The molecule has 2 aliphatic heterocycles. The Labute approximate surface area is 296 Å². The number of rotatable bonds is 15. The van der Waals surface area contributed by atoms with Crippen LogP contribution in [0.2, 0.25) is 0 Å². The molecule has 51 heavy (non-hydrogen) atoms. The molecule has 3 atom stereocenters. The number of likely N-dealkylation sites (tertiary alicyclic amines) is 1. The number of benzene rings is 2. The monoisotopic (exact) mass is 698 g/mol. The van der Waals surface area contributed by atoms with E-state index in [1.165, 1.54) is 0 Å². The highest BCUT2D eigenvalue weighted by Gasteiger charge is 2.77. The van der Waals surface area contributed by atoms with Crippen molar-refractivity contribution in [3.8, 4) is 0 Å². The number of aromatic nitrogens is 1. The quantitative estimate of drug-likeness (QED) is 0.101. The number of ether oxygens (including phenoxy) is 1. The lowest BCUT2D eigenvalue weighted by atomic mass is 9.82. The molecular weight excluding hydrogens is 652 g/mol. The van der Waals surface area contributed by atoms with Crippen molar-refractivity contribution < 1.29 is 33.1 Å². The molecular formula is C38H46N6O7. The zero-order valence-corrected chi connectivity index (χ0v) is 29.3. The fourth-order valence-corrected chi connectivity index (χ4v) is 7.39. The van der Waals surface area contributed by atoms with Gasteiger partial charge in [-0.05, 0) is 62.8 Å². The summed E-state index contributed by atoms with van der Waals surface area (Å²) in [6.45, 7) is 6.90. The summed E-state index contributed by atoms with van der Waals surface area (Å²) in [5, 5.41) is 11.2. The molecule has 0 radical (unpaired) electrons. The average Bonchev–Trinajstić information content (AvgIpc) is 3.37. The van der Waals surface area contributed by atoms with Gasteiger partial charge in [-0.15, -0.1) is 0 Å². The molecule has 2 aromatic carbocycles. The van der Waals surface area contributed by atoms with Crippen LogP contribution in [-0.2, 0) is 28.7 Å². The van der Waals surface area contributed by atoms with E-state index < -0.39 is 35.6 Å². The number of anilines is 3. The van der Waals surface area contributed by atoms with Crippen LogP contribution < -0.4 is 21.3 Å². The van der Waals surface area contributed by atoms with Crippen LogP contribution >= 0.6 is 0 Å². The van der Waals surface area contributed by atoms with Crippen molar-refractivity contribution in [3.05, 3.63) is 60.7 Å². The first kappa shape index (κ1) is 35.8. The number of para-hydroxylation sites is 4. The van der Waals surface area contributed by atoms with Crippen molar-refractivity contribution in [1.29, 1.82) is 0 Å². The molecule has 1 aromatic heterocycles. The molecule has 2 unspecified atom stereocenters. The maximum atomic E-state index is 14.0. The van der Waals surface area contributed by atoms with Gasteiger partial charge in [-0.2, -0.15) is 4.98 Å². The minimum atomic E-state index is -0.915. The number of carbonyl (C=O) groups excluding carboxylic acids is 5. The topological polar surface area (TPSA) is 172 Å². The molecule has 270 valence electrons. The minimum absolute atomic E-state index is 0.112. The van der Waals surface area contributed by atoms with Crippen molar-refractivity contribution >= 4 is 57.9 Å². The molecule has 4 N–H and O–H groups in total. The zero-order valence-electron chi connectivity index (χ0n) is 29.3. The number of Topliss-reactive ketones (excluding diaryl/α,β-unsaturated/α-hetero) is 1. The standard InChI is InChI=1S/C38H46N6O7/c1-4-5-6-7-8-17-31(46)40-26-13-9-10-14-27(26)41-34(48)29(45)18-39-33(47)25-19-44(21-38(25)20-37(38)22-50-23-37)35(49)32(24(2)3)43-36-42-28-15-11-12-16-30(28)51-36/h4-5,9-16,24-25,32H,6-8,17-23H2,1-3H3,(H,39,47)(H,40,46)(H,41,48)(H,42,43)/b5-4+/t25-,32?,38?/m1/s1. The van der Waals surface area contributed by atoms with Gasteiger partial charge in [0.2, 0.25) is 23.5 Å². The molecule has 13 heteroatoms. The second kappa shape index (κ2) is 15.1. The molecule has 1 aliphatic carbocycles. The van der Waals surface area contributed by atoms with Crippen molar-refractivity contribution in [3.63, 3.8) is 0 Å². The lowest BCUT2D eigenvalue weighted by Gasteiger charge is -2.33. The highest BCUT2D eigenvalue weighted by Crippen LogP contribution is 2.73. The zero-order chi connectivity index (χ0) is 36.2. The van der Waals surface area contributed by atoms with Crippen molar-refractivity contribution in [2.75, 3.05) is 48.8 Å². The van der Waals surface area contributed by atoms with Crippen molar-refractivity contribution in [2.24, 2.45) is 22.7 Å². The smallest absolute Gasteiger partial charge is 0.296 e. The number of nitrogens with one attached hydrogen (secondary N) is 4. The van der Waals surface area contributed by atoms with Crippen LogP contribution in [-0.4, -0.2) is 78.2 Å². The number of carbonyl (C=O) groups is 5. The number of hydrogen-bond donors (Lipinski definition) is 4. The highest BCUT2D eigenvalue weighted by molar-refractivity contribution is 6.41. The number of unbranched alkanes of at least 4 members (excludes halogenated alkanes) is 2. The third-order valence-corrected chi connectivity index (χ3v) is 10.4. The normalized spacial score (nSPS) is 20.8. The molecule has 4 amide bonds. The maximum absolute atomic E-state index is 14.0. The largest absolute Gasteiger partial charge is 0.424 e. The number of fused-ring (bicyclic) bond motifs is 2. The fraction of sp³-hybridized carbons (Fsp3) is 0.474. The van der Waals surface area contributed by atoms with Crippen LogP contribution in [0.4, 0.5) is 17.4 Å². The van der Waals surface area contributed by atoms with Crippen LogP contribution in [0.25, 0.3) is 11.1 Å². The van der Waals surface area contributed by atoms with Gasteiger partial charge in [0.25, 0.3) is 11.9 Å². The molecule has 6 rings (SSSR count). The van der Waals surface area contributed by atoms with E-state index in [1.54, 1.807) is 29.2 Å². The second-order valence-electron chi connectivity index (χ2n) is 14.2. The highest BCUT2D eigenvalue weighted by atomic mass is 16.5. The van der Waals surface area contributed by atoms with Crippen LogP contribution in [0.15, 0.2) is 65.1 Å². The molecule has 3 aromatic rings. The Kier molecular flexibility index (Phi) is 10.6. The van der Waals surface area contributed by atoms with E-state index >= 15 is 0 Å². The number of hydrogen-bond acceptors (Lipinski definition) is 9. The third kappa shape index (κ3) is 7.53. The molecule has 3 fully saturated rings. The predicted molar refractivity (Wildman–Crippen MR) is 192 cm³/mol. The van der Waals surface area contributed by atoms with Gasteiger partial charge in [-0.3, -0.25) is 24.0 Å². The molecule has 13 nitrogen and oxygen atoms in total. The lowest BCUT2D eigenvalue weighted by molar-refractivity contribution is -0.136. The fourth-order valence-electron chi connectivity index (χ4n) is 7.39. The molecule has 1 saturated carbocycles. The van der Waals surface area contributed by atoms with Gasteiger partial charge in [0.05, 0.1) is 37.1 Å². The third-order valence-electron chi connectivity index (χ3n) is 10.4. The molecule has 3 heterocycles. The second-order valence-corrected chi connectivity index (χ2v) is 14.2. The average molecular weight is 699 g/mol. The summed E-state index contributed by atoms with van der Waals surface area (Å²) in [6.07, 6.45) is 7.61. The first-order valence-corrected chi connectivity index (χ1v) is 17.7. The van der Waals surface area contributed by atoms with Crippen LogP contribution in [0.1, 0.15) is 52.9 Å². The summed E-state index contributed by atoms with van der Waals surface area (Å²) in [6, 6.07) is 13.6. The number of oxazole rings is 1. The summed E-state index contributed by atoms with van der Waals surface area (Å²) < 4.78 is 11.4. The number of nitrogens with zero attached hydrogens (tertiary/aromatic N) is 2. The van der Waals surface area contributed by atoms with E-state index in [2.05, 4.69) is 32.3 Å². The summed E-state index contributed by atoms with van der Waals surface area (Å²) >= 11 is 0. The van der Waals surface area contributed by atoms with Crippen LogP contribution in [0.5, 0.6) is 0 Å². The summed E-state index contributed by atoms with van der Waals surface area (Å²) in [5.41, 5.74) is 1.29. The van der Waals surface area contributed by atoms with Gasteiger partial charge in [0.1, 0.15) is 11.6 Å². The first-order chi connectivity index (χ1) is 24.6. The Morgan fingerprint density at radius 3 is 2.39 bits per heavy atom. The van der Waals surface area contributed by atoms with Gasteiger partial charge in [0.15, 0.2) is 5.58 Å². The first-order valence-electron chi connectivity index (χ1n) is 17.7. The Bertz CT molecular complexity index is 1800. The van der Waals surface area contributed by atoms with E-state index in [-0.39, 0.29) is 47.3 Å². The number of ketones is 1. The molecule has 3 aliphatic rings. The maximum Gasteiger partial charge on any atom is 0.296 e. The predicted octanol–water partition coefficient (Wildman–Crippen LogP) is 4.53. The minimum Gasteiger partial charge on any atom is -0.424 e. The van der Waals surface area contributed by atoms with E-state index in [9.17, 15) is 24.0 Å². The summed E-state index contributed by atoms with van der Waals surface area (Å²) in [5.74, 6) is -3.18. The number of allylic oxidation sites excluding steroid dienone is 2. The van der Waals surface area contributed by atoms with Gasteiger partial charge >= 0.3 is 0 Å². The van der Waals surface area contributed by atoms with E-state index in [4.69, 9.17) is 9.15 Å². The SMILES string of the molecule is C/C=C/CCCCC(=O)Nc1ccccc1NC(=O)C(=O)CNC(=O)[C@H]1CN(C(=O)C(Nc2nc3ccccc3o2)C(C)C)CC12CC21COC1. The molecule has 2 spiro atoms. The summed E-state index contributed by atoms with van der Waals surface area (Å²) in [4.78, 5) is 72.3. The van der Waals surface area contributed by atoms with Gasteiger partial charge in [-0.1, -0.05) is 50.3 Å². The van der Waals surface area contributed by atoms with E-state index in [0.717, 1.165) is 25.7 Å². The molecule has 0 bridgehead atoms. The number of amides is 4. The van der Waals surface area contributed by atoms with Gasteiger partial charge in [-0.25, -0.2) is 0 Å². The van der Waals surface area contributed by atoms with Gasteiger partial charge in [0, 0.05) is 30.3 Å². The van der Waals surface area contributed by atoms with Crippen LogP contribution in [0, 0.1) is 22.7 Å². The Morgan fingerprint density at radius 1 is 1.00 bits per heavy atom. The summed E-state index contributed by atoms with van der Waals surface area (Å²) in [7, 11) is 0. The van der Waals surface area contributed by atoms with E-state index in [0.29, 0.717) is 43.0 Å². The Morgan fingerprint density at radius 2 is 1.73 bits per heavy atom. The Balaban J connectivity index is 1.06. The lowest BCUT2D eigenvalue weighted by Crippen LogP contribution is -2.45. The van der Waals surface area contributed by atoms with Gasteiger partial charge < -0.3 is 35.3 Å². The van der Waals surface area contributed by atoms with Crippen molar-refractivity contribution in [1.82, 2.24) is 15.2 Å². The van der Waals surface area contributed by atoms with Crippen LogP contribution in [0.3, 0.4) is 0 Å². The Hall–Kier alpha value is -5.04. The molecule has 2 saturated heterocycles.